The summed E-state index contributed by atoms with van der Waals surface area (Å²) in [7, 11) is 1.76. The summed E-state index contributed by atoms with van der Waals surface area (Å²) in [5, 5.41) is 18.5. The number of para-hydroxylation sites is 1. The molecular weight excluding hydrogens is 252 g/mol. The predicted octanol–water partition coefficient (Wildman–Crippen LogP) is 3.33. The standard InChI is InChI=1S/C16H14N2O2/c1-11-7-8-15(13(9-11)16(19)20)18(2)14-6-4-3-5-12(14)10-17/h3-9H,1-2H3,(H,19,20). The molecule has 2 aromatic carbocycles. The summed E-state index contributed by atoms with van der Waals surface area (Å²) in [6, 6.07) is 14.5. The Morgan fingerprint density at radius 1 is 1.20 bits per heavy atom. The minimum Gasteiger partial charge on any atom is -0.478 e. The van der Waals surface area contributed by atoms with Crippen LogP contribution in [0, 0.1) is 18.3 Å². The van der Waals surface area contributed by atoms with E-state index in [4.69, 9.17) is 5.26 Å². The van der Waals surface area contributed by atoms with Gasteiger partial charge in [0.25, 0.3) is 0 Å². The monoisotopic (exact) mass is 266 g/mol. The molecule has 0 saturated carbocycles. The average molecular weight is 266 g/mol. The molecule has 4 heteroatoms. The highest BCUT2D eigenvalue weighted by Crippen LogP contribution is 2.30. The molecule has 0 aromatic heterocycles. The van der Waals surface area contributed by atoms with Crippen LogP contribution in [0.4, 0.5) is 11.4 Å². The van der Waals surface area contributed by atoms with E-state index in [1.54, 1.807) is 42.3 Å². The maximum absolute atomic E-state index is 11.4. The number of aryl methyl sites for hydroxylation is 1. The summed E-state index contributed by atoms with van der Waals surface area (Å²) < 4.78 is 0. The molecule has 0 spiro atoms. The second-order valence-corrected chi connectivity index (χ2v) is 4.51. The fourth-order valence-electron chi connectivity index (χ4n) is 2.10. The van der Waals surface area contributed by atoms with E-state index in [9.17, 15) is 9.90 Å². The molecule has 0 fully saturated rings. The molecule has 0 unspecified atom stereocenters. The van der Waals surface area contributed by atoms with E-state index in [1.165, 1.54) is 0 Å². The number of anilines is 2. The van der Waals surface area contributed by atoms with Crippen molar-refractivity contribution in [1.82, 2.24) is 0 Å². The van der Waals surface area contributed by atoms with Gasteiger partial charge in [0.05, 0.1) is 22.5 Å². The van der Waals surface area contributed by atoms with Crippen LogP contribution in [0.15, 0.2) is 42.5 Å². The first-order valence-corrected chi connectivity index (χ1v) is 6.11. The van der Waals surface area contributed by atoms with Crippen molar-refractivity contribution in [3.63, 3.8) is 0 Å². The van der Waals surface area contributed by atoms with Gasteiger partial charge >= 0.3 is 5.97 Å². The first-order valence-electron chi connectivity index (χ1n) is 6.11. The van der Waals surface area contributed by atoms with Gasteiger partial charge in [-0.1, -0.05) is 23.8 Å². The number of carboxylic acids is 1. The first-order chi connectivity index (χ1) is 9.54. The molecule has 4 nitrogen and oxygen atoms in total. The molecule has 100 valence electrons. The molecule has 0 radical (unpaired) electrons. The molecule has 0 aliphatic carbocycles. The van der Waals surface area contributed by atoms with Crippen LogP contribution < -0.4 is 4.90 Å². The van der Waals surface area contributed by atoms with Crippen molar-refractivity contribution >= 4 is 17.3 Å². The quantitative estimate of drug-likeness (QED) is 0.925. The van der Waals surface area contributed by atoms with Crippen LogP contribution in [0.25, 0.3) is 0 Å². The van der Waals surface area contributed by atoms with E-state index in [-0.39, 0.29) is 5.56 Å². The molecule has 0 aliphatic heterocycles. The number of nitrogens with zero attached hydrogens (tertiary/aromatic N) is 2. The number of nitriles is 1. The molecule has 0 aliphatic rings. The van der Waals surface area contributed by atoms with Crippen LogP contribution in [0.3, 0.4) is 0 Å². The Bertz CT molecular complexity index is 702. The van der Waals surface area contributed by atoms with Crippen molar-refractivity contribution in [3.8, 4) is 6.07 Å². The summed E-state index contributed by atoms with van der Waals surface area (Å²) in [5.74, 6) is -0.981. The Labute approximate surface area is 117 Å². The Balaban J connectivity index is 2.57. The summed E-state index contributed by atoms with van der Waals surface area (Å²) >= 11 is 0. The van der Waals surface area contributed by atoms with Gasteiger partial charge in [-0.15, -0.1) is 0 Å². The molecule has 2 rings (SSSR count). The second-order valence-electron chi connectivity index (χ2n) is 4.51. The zero-order valence-corrected chi connectivity index (χ0v) is 11.3. The number of benzene rings is 2. The van der Waals surface area contributed by atoms with Crippen molar-refractivity contribution in [2.75, 3.05) is 11.9 Å². The topological polar surface area (TPSA) is 64.3 Å². The van der Waals surface area contributed by atoms with Gasteiger partial charge in [0.15, 0.2) is 0 Å². The lowest BCUT2D eigenvalue weighted by molar-refractivity contribution is 0.0697. The van der Waals surface area contributed by atoms with E-state index in [2.05, 4.69) is 6.07 Å². The molecule has 0 bridgehead atoms. The zero-order valence-electron chi connectivity index (χ0n) is 11.3. The third-order valence-corrected chi connectivity index (χ3v) is 3.13. The molecule has 0 amide bonds. The van der Waals surface area contributed by atoms with E-state index in [0.717, 1.165) is 5.56 Å². The number of carboxylic acid groups (broad SMARTS) is 1. The Morgan fingerprint density at radius 2 is 1.90 bits per heavy atom. The summed E-state index contributed by atoms with van der Waals surface area (Å²) in [6.07, 6.45) is 0. The lowest BCUT2D eigenvalue weighted by Crippen LogP contribution is -2.15. The van der Waals surface area contributed by atoms with Crippen LogP contribution >= 0.6 is 0 Å². The van der Waals surface area contributed by atoms with Crippen LogP contribution in [-0.2, 0) is 0 Å². The highest BCUT2D eigenvalue weighted by Gasteiger charge is 2.16. The molecule has 1 N–H and O–H groups in total. The van der Waals surface area contributed by atoms with Crippen LogP contribution in [0.2, 0.25) is 0 Å². The highest BCUT2D eigenvalue weighted by molar-refractivity contribution is 5.96. The Kier molecular flexibility index (Phi) is 3.72. The fraction of sp³-hybridized carbons (Fsp3) is 0.125. The number of carbonyl (C=O) groups is 1. The molecular formula is C16H14N2O2. The summed E-state index contributed by atoms with van der Waals surface area (Å²) in [5.41, 5.74) is 2.85. The van der Waals surface area contributed by atoms with Gasteiger partial charge in [0.2, 0.25) is 0 Å². The van der Waals surface area contributed by atoms with E-state index < -0.39 is 5.97 Å². The van der Waals surface area contributed by atoms with E-state index in [0.29, 0.717) is 16.9 Å². The van der Waals surface area contributed by atoms with Gasteiger partial charge in [-0.3, -0.25) is 0 Å². The smallest absolute Gasteiger partial charge is 0.337 e. The van der Waals surface area contributed by atoms with E-state index >= 15 is 0 Å². The van der Waals surface area contributed by atoms with E-state index in [1.807, 2.05) is 19.1 Å². The molecule has 2 aromatic rings. The van der Waals surface area contributed by atoms with Gasteiger partial charge < -0.3 is 10.0 Å². The minimum atomic E-state index is -0.981. The van der Waals surface area contributed by atoms with Crippen LogP contribution in [0.1, 0.15) is 21.5 Å². The zero-order chi connectivity index (χ0) is 14.7. The highest BCUT2D eigenvalue weighted by atomic mass is 16.4. The van der Waals surface area contributed by atoms with Crippen molar-refractivity contribution in [2.45, 2.75) is 6.92 Å². The number of rotatable bonds is 3. The number of hydrogen-bond donors (Lipinski definition) is 1. The normalized spacial score (nSPS) is 9.85. The summed E-state index contributed by atoms with van der Waals surface area (Å²) in [6.45, 7) is 1.85. The molecule has 20 heavy (non-hydrogen) atoms. The second kappa shape index (κ2) is 5.45. The van der Waals surface area contributed by atoms with Gasteiger partial charge in [-0.05, 0) is 31.2 Å². The number of aromatic carboxylic acids is 1. The van der Waals surface area contributed by atoms with Gasteiger partial charge in [-0.25, -0.2) is 4.79 Å². The third-order valence-electron chi connectivity index (χ3n) is 3.13. The predicted molar refractivity (Wildman–Crippen MR) is 77.4 cm³/mol. The Hall–Kier alpha value is -2.80. The van der Waals surface area contributed by atoms with Crippen LogP contribution in [-0.4, -0.2) is 18.1 Å². The van der Waals surface area contributed by atoms with Gasteiger partial charge in [0, 0.05) is 7.05 Å². The maximum Gasteiger partial charge on any atom is 0.337 e. The average Bonchev–Trinajstić information content (AvgIpc) is 2.46. The maximum atomic E-state index is 11.4. The van der Waals surface area contributed by atoms with Crippen LogP contribution in [0.5, 0.6) is 0 Å². The molecule has 0 heterocycles. The number of hydrogen-bond acceptors (Lipinski definition) is 3. The van der Waals surface area contributed by atoms with Gasteiger partial charge in [-0.2, -0.15) is 5.26 Å². The van der Waals surface area contributed by atoms with Crippen molar-refractivity contribution in [3.05, 3.63) is 59.2 Å². The minimum absolute atomic E-state index is 0.222. The van der Waals surface area contributed by atoms with Crippen molar-refractivity contribution in [1.29, 1.82) is 5.26 Å². The SMILES string of the molecule is Cc1ccc(N(C)c2ccccc2C#N)c(C(=O)O)c1. The van der Waals surface area contributed by atoms with Crippen molar-refractivity contribution in [2.24, 2.45) is 0 Å². The lowest BCUT2D eigenvalue weighted by atomic mass is 10.1. The summed E-state index contributed by atoms with van der Waals surface area (Å²) in [4.78, 5) is 13.1. The first kappa shape index (κ1) is 13.6. The van der Waals surface area contributed by atoms with Gasteiger partial charge in [0.1, 0.15) is 6.07 Å². The molecule has 0 atom stereocenters. The lowest BCUT2D eigenvalue weighted by Gasteiger charge is -2.22. The fourth-order valence-corrected chi connectivity index (χ4v) is 2.10. The largest absolute Gasteiger partial charge is 0.478 e. The van der Waals surface area contributed by atoms with Crippen molar-refractivity contribution < 1.29 is 9.90 Å². The third kappa shape index (κ3) is 2.47. The molecule has 0 saturated heterocycles. The Morgan fingerprint density at radius 3 is 2.55 bits per heavy atom.